The first kappa shape index (κ1) is 21.4. The molecule has 0 fully saturated rings. The molecule has 0 aliphatic rings. The van der Waals surface area contributed by atoms with Crippen molar-refractivity contribution >= 4 is 6.29 Å². The number of rotatable bonds is 18. The van der Waals surface area contributed by atoms with Crippen LogP contribution in [-0.2, 0) is 4.79 Å². The van der Waals surface area contributed by atoms with Crippen molar-refractivity contribution < 1.29 is 4.79 Å². The smallest absolute Gasteiger partial charge is 0.225 e. The molecule has 0 aromatic carbocycles. The molecule has 22 heavy (non-hydrogen) atoms. The summed E-state index contributed by atoms with van der Waals surface area (Å²) in [5, 5.41) is 0. The van der Waals surface area contributed by atoms with Crippen LogP contribution in [0.2, 0.25) is 0 Å². The zero-order valence-corrected chi connectivity index (χ0v) is 15.1. The summed E-state index contributed by atoms with van der Waals surface area (Å²) < 4.78 is 0. The van der Waals surface area contributed by atoms with Crippen molar-refractivity contribution in [2.75, 3.05) is 0 Å². The quantitative estimate of drug-likeness (QED) is 0.192. The van der Waals surface area contributed by atoms with Crippen molar-refractivity contribution in [1.82, 2.24) is 0 Å². The molecule has 1 radical (unpaired) electrons. The van der Waals surface area contributed by atoms with Crippen molar-refractivity contribution in [2.24, 2.45) is 0 Å². The van der Waals surface area contributed by atoms with Gasteiger partial charge in [-0.2, -0.15) is 0 Å². The Morgan fingerprint density at radius 2 is 0.955 bits per heavy atom. The molecule has 0 aliphatic carbocycles. The number of allylic oxidation sites excluding steroid dienone is 2. The highest BCUT2D eigenvalue weighted by Crippen LogP contribution is 2.13. The minimum absolute atomic E-state index is 1.04. The van der Waals surface area contributed by atoms with E-state index in [1.807, 2.05) is 6.08 Å². The average molecular weight is 308 g/mol. The molecule has 1 heteroatoms. The molecule has 129 valence electrons. The highest BCUT2D eigenvalue weighted by molar-refractivity contribution is 5.65. The van der Waals surface area contributed by atoms with E-state index in [9.17, 15) is 4.79 Å². The summed E-state index contributed by atoms with van der Waals surface area (Å²) >= 11 is 0. The molecule has 0 saturated carbocycles. The van der Waals surface area contributed by atoms with E-state index in [1.54, 1.807) is 6.29 Å². The molecular weight excluding hydrogens is 268 g/mol. The van der Waals surface area contributed by atoms with E-state index in [0.29, 0.717) is 0 Å². The van der Waals surface area contributed by atoms with E-state index < -0.39 is 0 Å². The average Bonchev–Trinajstić information content (AvgIpc) is 2.54. The molecule has 0 heterocycles. The lowest BCUT2D eigenvalue weighted by molar-refractivity contribution is 0.530. The van der Waals surface area contributed by atoms with Crippen LogP contribution in [-0.4, -0.2) is 6.29 Å². The molecule has 0 unspecified atom stereocenters. The third-order valence-corrected chi connectivity index (χ3v) is 4.41. The van der Waals surface area contributed by atoms with Gasteiger partial charge in [0, 0.05) is 0 Å². The van der Waals surface area contributed by atoms with E-state index in [4.69, 9.17) is 0 Å². The van der Waals surface area contributed by atoms with Gasteiger partial charge in [-0.3, -0.25) is 4.79 Å². The number of hydrogen-bond acceptors (Lipinski definition) is 1. The van der Waals surface area contributed by atoms with Crippen molar-refractivity contribution in [1.29, 1.82) is 0 Å². The van der Waals surface area contributed by atoms with Crippen molar-refractivity contribution in [2.45, 2.75) is 116 Å². The summed E-state index contributed by atoms with van der Waals surface area (Å²) in [5.74, 6) is 0. The summed E-state index contributed by atoms with van der Waals surface area (Å²) in [6.45, 7) is 2.28. The minimum Gasteiger partial charge on any atom is -0.286 e. The second-order valence-corrected chi connectivity index (χ2v) is 6.61. The largest absolute Gasteiger partial charge is 0.286 e. The van der Waals surface area contributed by atoms with Gasteiger partial charge < -0.3 is 0 Å². The third kappa shape index (κ3) is 19.4. The van der Waals surface area contributed by atoms with Crippen LogP contribution in [0.5, 0.6) is 0 Å². The predicted octanol–water partition coefficient (Wildman–Crippen LogP) is 7.30. The van der Waals surface area contributed by atoms with Crippen LogP contribution in [0, 0.1) is 0 Å². The molecule has 0 aliphatic heterocycles. The van der Waals surface area contributed by atoms with Gasteiger partial charge in [-0.1, -0.05) is 109 Å². The molecule has 0 saturated heterocycles. The number of hydrogen-bond donors (Lipinski definition) is 0. The minimum atomic E-state index is 1.04. The maximum Gasteiger partial charge on any atom is 0.225 e. The van der Waals surface area contributed by atoms with Crippen LogP contribution in [0.15, 0.2) is 12.2 Å². The lowest BCUT2D eigenvalue weighted by Gasteiger charge is -2.03. The van der Waals surface area contributed by atoms with Gasteiger partial charge in [0.2, 0.25) is 6.29 Å². The van der Waals surface area contributed by atoms with Crippen LogP contribution in [0.3, 0.4) is 0 Å². The molecule has 0 atom stereocenters. The molecule has 0 rings (SSSR count). The van der Waals surface area contributed by atoms with Crippen LogP contribution >= 0.6 is 0 Å². The lowest BCUT2D eigenvalue weighted by Crippen LogP contribution is -1.83. The Kier molecular flexibility index (Phi) is 19.9. The fraction of sp³-hybridized carbons (Fsp3) is 0.857. The topological polar surface area (TPSA) is 17.1 Å². The van der Waals surface area contributed by atoms with Crippen LogP contribution < -0.4 is 0 Å². The predicted molar refractivity (Wildman–Crippen MR) is 99.0 cm³/mol. The molecule has 0 amide bonds. The Morgan fingerprint density at radius 3 is 1.32 bits per heavy atom. The van der Waals surface area contributed by atoms with Crippen molar-refractivity contribution in [3.8, 4) is 0 Å². The molecule has 0 spiro atoms. The van der Waals surface area contributed by atoms with Crippen LogP contribution in [0.25, 0.3) is 0 Å². The van der Waals surface area contributed by atoms with Gasteiger partial charge in [0.25, 0.3) is 0 Å². The summed E-state index contributed by atoms with van der Waals surface area (Å²) in [6.07, 6.45) is 28.8. The van der Waals surface area contributed by atoms with Gasteiger partial charge in [-0.15, -0.1) is 0 Å². The van der Waals surface area contributed by atoms with E-state index in [0.717, 1.165) is 6.42 Å². The molecule has 0 aromatic rings. The summed E-state index contributed by atoms with van der Waals surface area (Å²) in [4.78, 5) is 9.96. The number of carbonyl (C=O) groups excluding carboxylic acids is 1. The standard InChI is InChI=1S/C21H39O/c1-2-3-4-5-6-7-8-9-10-11-12-13-14-15-16-17-18-19-20-21-22/h19-20H,2-18H2,1H3/b20-19+. The maximum atomic E-state index is 9.96. The number of unbranched alkanes of at least 4 members (excludes halogenated alkanes) is 16. The SMILES string of the molecule is CCCCCCCCCCCCCCCCCC/C=C/[C]=O. The molecule has 0 aromatic heterocycles. The fourth-order valence-electron chi connectivity index (χ4n) is 2.94. The van der Waals surface area contributed by atoms with Gasteiger partial charge in [0.1, 0.15) is 0 Å². The van der Waals surface area contributed by atoms with Crippen molar-refractivity contribution in [3.05, 3.63) is 12.2 Å². The van der Waals surface area contributed by atoms with E-state index in [2.05, 4.69) is 6.92 Å². The van der Waals surface area contributed by atoms with Crippen molar-refractivity contribution in [3.63, 3.8) is 0 Å². The van der Waals surface area contributed by atoms with E-state index in [1.165, 1.54) is 109 Å². The van der Waals surface area contributed by atoms with E-state index >= 15 is 0 Å². The summed E-state index contributed by atoms with van der Waals surface area (Å²) in [5.41, 5.74) is 0. The van der Waals surface area contributed by atoms with E-state index in [-0.39, 0.29) is 0 Å². The monoisotopic (exact) mass is 307 g/mol. The Labute approximate surface area is 140 Å². The van der Waals surface area contributed by atoms with Gasteiger partial charge in [-0.25, -0.2) is 0 Å². The highest BCUT2D eigenvalue weighted by Gasteiger charge is 1.94. The van der Waals surface area contributed by atoms with Crippen LogP contribution in [0.1, 0.15) is 116 Å². The van der Waals surface area contributed by atoms with Crippen LogP contribution in [0.4, 0.5) is 0 Å². The molecular formula is C21H39O. The second-order valence-electron chi connectivity index (χ2n) is 6.61. The zero-order valence-electron chi connectivity index (χ0n) is 15.1. The van der Waals surface area contributed by atoms with Gasteiger partial charge >= 0.3 is 0 Å². The maximum absolute atomic E-state index is 9.96. The third-order valence-electron chi connectivity index (χ3n) is 4.41. The lowest BCUT2D eigenvalue weighted by atomic mass is 10.0. The first-order valence-electron chi connectivity index (χ1n) is 9.94. The Balaban J connectivity index is 2.97. The second kappa shape index (κ2) is 20.4. The highest BCUT2D eigenvalue weighted by atomic mass is 16.1. The first-order chi connectivity index (χ1) is 10.9. The molecule has 0 N–H and O–H groups in total. The Bertz CT molecular complexity index is 232. The van der Waals surface area contributed by atoms with Gasteiger partial charge in [0.05, 0.1) is 0 Å². The Morgan fingerprint density at radius 1 is 0.591 bits per heavy atom. The normalized spacial score (nSPS) is 11.3. The Hall–Kier alpha value is -0.590. The van der Waals surface area contributed by atoms with Gasteiger partial charge in [-0.05, 0) is 18.9 Å². The van der Waals surface area contributed by atoms with Gasteiger partial charge in [0.15, 0.2) is 0 Å². The summed E-state index contributed by atoms with van der Waals surface area (Å²) in [6, 6.07) is 0. The zero-order chi connectivity index (χ0) is 16.1. The first-order valence-corrected chi connectivity index (χ1v) is 9.94. The summed E-state index contributed by atoms with van der Waals surface area (Å²) in [7, 11) is 0. The molecule has 1 nitrogen and oxygen atoms in total. The fourth-order valence-corrected chi connectivity index (χ4v) is 2.94. The molecule has 0 bridgehead atoms.